The molecule has 17 heavy (non-hydrogen) atoms. The molecule has 1 fully saturated rings. The van der Waals surface area contributed by atoms with Gasteiger partial charge in [-0.2, -0.15) is 0 Å². The van der Waals surface area contributed by atoms with Crippen molar-refractivity contribution in [3.63, 3.8) is 0 Å². The lowest BCUT2D eigenvalue weighted by atomic mass is 10.1. The van der Waals surface area contributed by atoms with E-state index < -0.39 is 0 Å². The third kappa shape index (κ3) is 8.65. The summed E-state index contributed by atoms with van der Waals surface area (Å²) in [5.74, 6) is 1.00. The Labute approximate surface area is 109 Å². The summed E-state index contributed by atoms with van der Waals surface area (Å²) < 4.78 is 0. The zero-order chi connectivity index (χ0) is 12.2. The van der Waals surface area contributed by atoms with Crippen LogP contribution >= 0.6 is 0 Å². The van der Waals surface area contributed by atoms with Crippen LogP contribution in [0.5, 0.6) is 0 Å². The number of unbranched alkanes of at least 4 members (excludes halogenated alkanes) is 7. The predicted octanol–water partition coefficient (Wildman–Crippen LogP) is 4.91. The minimum absolute atomic E-state index is 1.00. The van der Waals surface area contributed by atoms with Crippen molar-refractivity contribution in [2.24, 2.45) is 5.92 Å². The summed E-state index contributed by atoms with van der Waals surface area (Å²) in [5, 5.41) is 3.64. The molecule has 0 amide bonds. The fourth-order valence-corrected chi connectivity index (χ4v) is 2.90. The summed E-state index contributed by atoms with van der Waals surface area (Å²) in [6, 6.07) is 0. The quantitative estimate of drug-likeness (QED) is 0.505. The molecular weight excluding hydrogens is 206 g/mol. The van der Waals surface area contributed by atoms with E-state index in [1.165, 1.54) is 90.1 Å². The highest BCUT2D eigenvalue weighted by molar-refractivity contribution is 4.69. The van der Waals surface area contributed by atoms with Crippen molar-refractivity contribution in [2.45, 2.75) is 84.0 Å². The molecule has 0 spiro atoms. The van der Waals surface area contributed by atoms with Crippen LogP contribution < -0.4 is 5.32 Å². The first-order chi connectivity index (χ1) is 8.43. The van der Waals surface area contributed by atoms with Crippen LogP contribution in [0.2, 0.25) is 0 Å². The molecule has 1 nitrogen and oxygen atoms in total. The molecule has 102 valence electrons. The van der Waals surface area contributed by atoms with Crippen LogP contribution in [0.15, 0.2) is 0 Å². The zero-order valence-electron chi connectivity index (χ0n) is 12.0. The van der Waals surface area contributed by atoms with Gasteiger partial charge in [0.15, 0.2) is 0 Å². The molecular formula is C16H33N. The van der Waals surface area contributed by atoms with E-state index in [1.54, 1.807) is 0 Å². The fourth-order valence-electron chi connectivity index (χ4n) is 2.90. The zero-order valence-corrected chi connectivity index (χ0v) is 12.0. The second-order valence-electron chi connectivity index (χ2n) is 5.83. The molecule has 1 saturated carbocycles. The Kier molecular flexibility index (Phi) is 9.78. The molecule has 0 aromatic rings. The van der Waals surface area contributed by atoms with Crippen molar-refractivity contribution < 1.29 is 0 Å². The van der Waals surface area contributed by atoms with Gasteiger partial charge >= 0.3 is 0 Å². The molecule has 1 aliphatic rings. The van der Waals surface area contributed by atoms with Gasteiger partial charge in [-0.05, 0) is 38.3 Å². The van der Waals surface area contributed by atoms with Crippen molar-refractivity contribution in [1.82, 2.24) is 5.32 Å². The first-order valence-corrected chi connectivity index (χ1v) is 8.14. The van der Waals surface area contributed by atoms with E-state index in [1.807, 2.05) is 0 Å². The van der Waals surface area contributed by atoms with E-state index in [2.05, 4.69) is 12.2 Å². The van der Waals surface area contributed by atoms with Gasteiger partial charge in [-0.3, -0.25) is 0 Å². The first-order valence-electron chi connectivity index (χ1n) is 8.14. The Morgan fingerprint density at radius 3 is 2.06 bits per heavy atom. The van der Waals surface area contributed by atoms with Gasteiger partial charge in [0.25, 0.3) is 0 Å². The van der Waals surface area contributed by atoms with Crippen molar-refractivity contribution in [3.8, 4) is 0 Å². The van der Waals surface area contributed by atoms with Crippen molar-refractivity contribution >= 4 is 0 Å². The molecule has 0 aliphatic heterocycles. The second kappa shape index (κ2) is 11.1. The van der Waals surface area contributed by atoms with Crippen molar-refractivity contribution in [2.75, 3.05) is 13.1 Å². The highest BCUT2D eigenvalue weighted by Crippen LogP contribution is 2.23. The molecule has 0 heterocycles. The average Bonchev–Trinajstić information content (AvgIpc) is 2.85. The van der Waals surface area contributed by atoms with E-state index in [-0.39, 0.29) is 0 Å². The number of hydrogen-bond acceptors (Lipinski definition) is 1. The van der Waals surface area contributed by atoms with Crippen LogP contribution in [0.3, 0.4) is 0 Å². The van der Waals surface area contributed by atoms with Gasteiger partial charge in [0, 0.05) is 0 Å². The minimum Gasteiger partial charge on any atom is -0.316 e. The minimum atomic E-state index is 1.00. The van der Waals surface area contributed by atoms with E-state index in [4.69, 9.17) is 0 Å². The summed E-state index contributed by atoms with van der Waals surface area (Å²) in [5.41, 5.74) is 0. The molecule has 0 saturated heterocycles. The molecule has 1 N–H and O–H groups in total. The van der Waals surface area contributed by atoms with Crippen molar-refractivity contribution in [3.05, 3.63) is 0 Å². The average molecular weight is 239 g/mol. The van der Waals surface area contributed by atoms with Gasteiger partial charge in [-0.15, -0.1) is 0 Å². The maximum absolute atomic E-state index is 3.64. The van der Waals surface area contributed by atoms with Gasteiger partial charge in [-0.25, -0.2) is 0 Å². The van der Waals surface area contributed by atoms with Gasteiger partial charge in [-0.1, -0.05) is 64.7 Å². The molecule has 1 rings (SSSR count). The first kappa shape index (κ1) is 15.0. The van der Waals surface area contributed by atoms with Crippen LogP contribution in [-0.4, -0.2) is 13.1 Å². The Balaban J connectivity index is 1.69. The molecule has 0 aromatic heterocycles. The summed E-state index contributed by atoms with van der Waals surface area (Å²) in [6.07, 6.45) is 17.4. The SMILES string of the molecule is CCCCCCCCCCNCC1CCCC1. The molecule has 0 atom stereocenters. The topological polar surface area (TPSA) is 12.0 Å². The smallest absolute Gasteiger partial charge is 0.00205 e. The third-order valence-electron chi connectivity index (χ3n) is 4.11. The van der Waals surface area contributed by atoms with Gasteiger partial charge < -0.3 is 5.32 Å². The monoisotopic (exact) mass is 239 g/mol. The molecule has 0 bridgehead atoms. The van der Waals surface area contributed by atoms with Crippen LogP contribution in [0.1, 0.15) is 84.0 Å². The normalized spacial score (nSPS) is 16.8. The lowest BCUT2D eigenvalue weighted by molar-refractivity contribution is 0.476. The summed E-state index contributed by atoms with van der Waals surface area (Å²) >= 11 is 0. The third-order valence-corrected chi connectivity index (χ3v) is 4.11. The van der Waals surface area contributed by atoms with Gasteiger partial charge in [0.1, 0.15) is 0 Å². The molecule has 1 heteroatoms. The van der Waals surface area contributed by atoms with E-state index in [9.17, 15) is 0 Å². The lowest BCUT2D eigenvalue weighted by Gasteiger charge is -2.10. The van der Waals surface area contributed by atoms with E-state index in [0.717, 1.165) is 5.92 Å². The lowest BCUT2D eigenvalue weighted by Crippen LogP contribution is -2.22. The standard InChI is InChI=1S/C16H33N/c1-2-3-4-5-6-7-8-11-14-17-15-16-12-9-10-13-16/h16-17H,2-15H2,1H3. The van der Waals surface area contributed by atoms with Gasteiger partial charge in [0.05, 0.1) is 0 Å². The second-order valence-corrected chi connectivity index (χ2v) is 5.83. The van der Waals surface area contributed by atoms with E-state index >= 15 is 0 Å². The maximum atomic E-state index is 3.64. The Bertz CT molecular complexity index is 150. The number of hydrogen-bond donors (Lipinski definition) is 1. The van der Waals surface area contributed by atoms with Gasteiger partial charge in [0.2, 0.25) is 0 Å². The maximum Gasteiger partial charge on any atom is -0.00205 e. The largest absolute Gasteiger partial charge is 0.316 e. The highest BCUT2D eigenvalue weighted by Gasteiger charge is 2.13. The molecule has 0 unspecified atom stereocenters. The van der Waals surface area contributed by atoms with Crippen molar-refractivity contribution in [1.29, 1.82) is 0 Å². The van der Waals surface area contributed by atoms with Crippen LogP contribution in [0, 0.1) is 5.92 Å². The number of nitrogens with one attached hydrogen (secondary N) is 1. The summed E-state index contributed by atoms with van der Waals surface area (Å²) in [7, 11) is 0. The molecule has 0 radical (unpaired) electrons. The van der Waals surface area contributed by atoms with Crippen LogP contribution in [0.4, 0.5) is 0 Å². The molecule has 0 aromatic carbocycles. The Morgan fingerprint density at radius 2 is 1.41 bits per heavy atom. The summed E-state index contributed by atoms with van der Waals surface area (Å²) in [4.78, 5) is 0. The van der Waals surface area contributed by atoms with E-state index in [0.29, 0.717) is 0 Å². The Morgan fingerprint density at radius 1 is 0.824 bits per heavy atom. The van der Waals surface area contributed by atoms with Crippen LogP contribution in [0.25, 0.3) is 0 Å². The Hall–Kier alpha value is -0.0400. The fraction of sp³-hybridized carbons (Fsp3) is 1.00. The summed E-state index contributed by atoms with van der Waals surface area (Å²) in [6.45, 7) is 4.83. The highest BCUT2D eigenvalue weighted by atomic mass is 14.9. The number of rotatable bonds is 11. The predicted molar refractivity (Wildman–Crippen MR) is 77.4 cm³/mol. The van der Waals surface area contributed by atoms with Crippen LogP contribution in [-0.2, 0) is 0 Å². The molecule has 1 aliphatic carbocycles.